The molecule has 17 heavy (non-hydrogen) atoms. The van der Waals surface area contributed by atoms with E-state index in [1.54, 1.807) is 24.9 Å². The molecule has 0 radical (unpaired) electrons. The number of alkyl halides is 2. The molecule has 0 spiro atoms. The summed E-state index contributed by atoms with van der Waals surface area (Å²) in [5.41, 5.74) is 1.52. The fourth-order valence-electron chi connectivity index (χ4n) is 1.76. The van der Waals surface area contributed by atoms with E-state index in [9.17, 15) is 13.6 Å². The molecule has 1 unspecified atom stereocenters. The number of esters is 1. The second kappa shape index (κ2) is 3.97. The van der Waals surface area contributed by atoms with Crippen LogP contribution in [0.25, 0.3) is 0 Å². The lowest BCUT2D eigenvalue weighted by Gasteiger charge is -2.09. The van der Waals surface area contributed by atoms with Gasteiger partial charge in [-0.1, -0.05) is 0 Å². The van der Waals surface area contributed by atoms with Crippen molar-refractivity contribution in [1.29, 1.82) is 0 Å². The maximum absolute atomic E-state index is 12.9. The predicted octanol–water partition coefficient (Wildman–Crippen LogP) is 1.09. The summed E-state index contributed by atoms with van der Waals surface area (Å²) in [6.45, 7) is 1.96. The number of rotatable bonds is 3. The number of carbonyl (C=O) groups excluding carboxylic acids is 1. The minimum Gasteiger partial charge on any atom is -0.456 e. The van der Waals surface area contributed by atoms with Crippen molar-refractivity contribution in [1.82, 2.24) is 9.78 Å². The zero-order valence-electron chi connectivity index (χ0n) is 9.54. The van der Waals surface area contributed by atoms with Crippen LogP contribution in [0.4, 0.5) is 14.5 Å². The van der Waals surface area contributed by atoms with E-state index in [2.05, 4.69) is 15.2 Å². The molecule has 1 aromatic heterocycles. The molecule has 5 nitrogen and oxygen atoms in total. The number of ether oxygens (including phenoxy) is 1. The van der Waals surface area contributed by atoms with Gasteiger partial charge in [-0.3, -0.25) is 4.68 Å². The number of carbonyl (C=O) groups is 1. The Morgan fingerprint density at radius 2 is 2.41 bits per heavy atom. The van der Waals surface area contributed by atoms with Gasteiger partial charge in [-0.15, -0.1) is 0 Å². The van der Waals surface area contributed by atoms with Gasteiger partial charge in [0, 0.05) is 13.2 Å². The van der Waals surface area contributed by atoms with Gasteiger partial charge in [0.2, 0.25) is 0 Å². The van der Waals surface area contributed by atoms with Gasteiger partial charge < -0.3 is 10.1 Å². The molecule has 1 aliphatic heterocycles. The van der Waals surface area contributed by atoms with E-state index in [0.717, 1.165) is 11.4 Å². The van der Waals surface area contributed by atoms with E-state index in [0.29, 0.717) is 0 Å². The smallest absolute Gasteiger partial charge is 0.377 e. The van der Waals surface area contributed by atoms with E-state index in [-0.39, 0.29) is 6.54 Å². The van der Waals surface area contributed by atoms with Crippen molar-refractivity contribution in [3.05, 3.63) is 11.9 Å². The molecule has 0 aliphatic carbocycles. The summed E-state index contributed by atoms with van der Waals surface area (Å²) in [5.74, 6) is -4.79. The number of anilines is 1. The predicted molar refractivity (Wildman–Crippen MR) is 55.9 cm³/mol. The minimum absolute atomic E-state index is 0.161. The molecule has 0 aromatic carbocycles. The lowest BCUT2D eigenvalue weighted by molar-refractivity contribution is -0.158. The highest BCUT2D eigenvalue weighted by Gasteiger charge is 2.50. The lowest BCUT2D eigenvalue weighted by Crippen LogP contribution is -2.22. The third kappa shape index (κ3) is 2.37. The van der Waals surface area contributed by atoms with Crippen LogP contribution in [0.3, 0.4) is 0 Å². The van der Waals surface area contributed by atoms with Crippen molar-refractivity contribution in [2.45, 2.75) is 25.4 Å². The van der Waals surface area contributed by atoms with Gasteiger partial charge in [0.25, 0.3) is 0 Å². The molecule has 1 N–H and O–H groups in total. The van der Waals surface area contributed by atoms with Gasteiger partial charge in [0.05, 0.1) is 24.3 Å². The van der Waals surface area contributed by atoms with Crippen LogP contribution in [-0.4, -0.2) is 34.3 Å². The summed E-state index contributed by atoms with van der Waals surface area (Å²) in [6, 6.07) is 0. The maximum Gasteiger partial charge on any atom is 0.377 e. The molecule has 0 amide bonds. The standard InChI is InChI=1S/C10H13F2N3O2/c1-6-8(5-15(2)14-6)13-4-7-3-10(11,12)9(16)17-7/h5,7,13H,3-4H2,1-2H3. The summed E-state index contributed by atoms with van der Waals surface area (Å²) in [5, 5.41) is 7.04. The van der Waals surface area contributed by atoms with Crippen molar-refractivity contribution in [3.8, 4) is 0 Å². The quantitative estimate of drug-likeness (QED) is 0.810. The fraction of sp³-hybridized carbons (Fsp3) is 0.600. The molecule has 1 fully saturated rings. The van der Waals surface area contributed by atoms with Crippen LogP contribution in [0.2, 0.25) is 0 Å². The Bertz CT molecular complexity index is 445. The van der Waals surface area contributed by atoms with Gasteiger partial charge in [-0.2, -0.15) is 13.9 Å². The van der Waals surface area contributed by atoms with Crippen LogP contribution in [0, 0.1) is 6.92 Å². The monoisotopic (exact) mass is 245 g/mol. The van der Waals surface area contributed by atoms with E-state index in [4.69, 9.17) is 0 Å². The van der Waals surface area contributed by atoms with Crippen molar-refractivity contribution in [2.24, 2.45) is 7.05 Å². The average Bonchev–Trinajstić information content (AvgIpc) is 2.65. The zero-order valence-corrected chi connectivity index (χ0v) is 9.54. The second-order valence-electron chi connectivity index (χ2n) is 4.12. The summed E-state index contributed by atoms with van der Waals surface area (Å²) < 4.78 is 31.9. The average molecular weight is 245 g/mol. The first-order valence-corrected chi connectivity index (χ1v) is 5.21. The van der Waals surface area contributed by atoms with Crippen LogP contribution in [0.5, 0.6) is 0 Å². The number of halogens is 2. The second-order valence-corrected chi connectivity index (χ2v) is 4.12. The number of hydrogen-bond donors (Lipinski definition) is 1. The molecule has 2 rings (SSSR count). The number of cyclic esters (lactones) is 1. The van der Waals surface area contributed by atoms with Gasteiger partial charge >= 0.3 is 11.9 Å². The maximum atomic E-state index is 12.9. The summed E-state index contributed by atoms with van der Waals surface area (Å²) in [7, 11) is 1.77. The molecule has 1 aromatic rings. The molecule has 0 saturated carbocycles. The number of hydrogen-bond acceptors (Lipinski definition) is 4. The first kappa shape index (κ1) is 11.8. The molecular weight excluding hydrogens is 232 g/mol. The van der Waals surface area contributed by atoms with Crippen molar-refractivity contribution in [3.63, 3.8) is 0 Å². The van der Waals surface area contributed by atoms with Crippen LogP contribution in [-0.2, 0) is 16.6 Å². The van der Waals surface area contributed by atoms with E-state index in [1.807, 2.05) is 0 Å². The fourth-order valence-corrected chi connectivity index (χ4v) is 1.76. The van der Waals surface area contributed by atoms with Gasteiger partial charge in [-0.05, 0) is 6.92 Å². The third-order valence-electron chi connectivity index (χ3n) is 2.59. The Hall–Kier alpha value is -1.66. The largest absolute Gasteiger partial charge is 0.456 e. The molecule has 2 heterocycles. The Balaban J connectivity index is 1.92. The summed E-state index contributed by atoms with van der Waals surface area (Å²) >= 11 is 0. The number of aromatic nitrogens is 2. The van der Waals surface area contributed by atoms with Crippen molar-refractivity contribution >= 4 is 11.7 Å². The van der Waals surface area contributed by atoms with E-state index >= 15 is 0 Å². The van der Waals surface area contributed by atoms with Gasteiger partial charge in [-0.25, -0.2) is 4.79 Å². The molecule has 1 saturated heterocycles. The molecule has 94 valence electrons. The summed E-state index contributed by atoms with van der Waals surface area (Å²) in [4.78, 5) is 10.8. The van der Waals surface area contributed by atoms with E-state index < -0.39 is 24.4 Å². The SMILES string of the molecule is Cc1nn(C)cc1NCC1CC(F)(F)C(=O)O1. The van der Waals surface area contributed by atoms with Crippen LogP contribution < -0.4 is 5.32 Å². The molecule has 7 heteroatoms. The Kier molecular flexibility index (Phi) is 2.76. The first-order valence-electron chi connectivity index (χ1n) is 5.21. The lowest BCUT2D eigenvalue weighted by atomic mass is 10.2. The molecular formula is C10H13F2N3O2. The van der Waals surface area contributed by atoms with E-state index in [1.165, 1.54) is 0 Å². The Morgan fingerprint density at radius 1 is 1.71 bits per heavy atom. The van der Waals surface area contributed by atoms with Crippen LogP contribution >= 0.6 is 0 Å². The zero-order chi connectivity index (χ0) is 12.6. The normalized spacial score (nSPS) is 22.6. The van der Waals surface area contributed by atoms with Gasteiger partial charge in [0.15, 0.2) is 0 Å². The van der Waals surface area contributed by atoms with Crippen LogP contribution in [0.1, 0.15) is 12.1 Å². The number of nitrogens with zero attached hydrogens (tertiary/aromatic N) is 2. The molecule has 1 aliphatic rings. The third-order valence-corrected chi connectivity index (χ3v) is 2.59. The number of nitrogens with one attached hydrogen (secondary N) is 1. The Morgan fingerprint density at radius 3 is 2.88 bits per heavy atom. The highest BCUT2D eigenvalue weighted by Crippen LogP contribution is 2.31. The minimum atomic E-state index is -3.35. The first-order chi connectivity index (χ1) is 7.88. The van der Waals surface area contributed by atoms with Crippen molar-refractivity contribution < 1.29 is 18.3 Å². The van der Waals surface area contributed by atoms with Gasteiger partial charge in [0.1, 0.15) is 6.10 Å². The summed E-state index contributed by atoms with van der Waals surface area (Å²) in [6.07, 6.45) is 0.375. The van der Waals surface area contributed by atoms with Crippen molar-refractivity contribution in [2.75, 3.05) is 11.9 Å². The topological polar surface area (TPSA) is 56.2 Å². The molecule has 1 atom stereocenters. The highest BCUT2D eigenvalue weighted by atomic mass is 19.3. The van der Waals surface area contributed by atoms with Crippen LogP contribution in [0.15, 0.2) is 6.20 Å². The molecule has 0 bridgehead atoms. The number of aryl methyl sites for hydroxylation is 2. The highest BCUT2D eigenvalue weighted by molar-refractivity contribution is 5.79. The Labute approximate surface area is 96.7 Å².